The van der Waals surface area contributed by atoms with Crippen molar-refractivity contribution in [2.24, 2.45) is 0 Å². The summed E-state index contributed by atoms with van der Waals surface area (Å²) in [5.41, 5.74) is -4.73. The van der Waals surface area contributed by atoms with Crippen molar-refractivity contribution in [1.82, 2.24) is 19.5 Å². The van der Waals surface area contributed by atoms with Crippen LogP contribution in [-0.4, -0.2) is 19.5 Å². The summed E-state index contributed by atoms with van der Waals surface area (Å²) < 4.78 is 238. The highest BCUT2D eigenvalue weighted by Gasteiger charge is 2.23. The van der Waals surface area contributed by atoms with Crippen molar-refractivity contribution in [2.45, 2.75) is 0 Å². The topological polar surface area (TPSA) is 56.7 Å². The number of aromatic nitrogens is 4. The van der Waals surface area contributed by atoms with Crippen LogP contribution in [0, 0.1) is 0 Å². The highest BCUT2D eigenvalue weighted by Crippen LogP contribution is 2.45. The number of furan rings is 1. The quantitative estimate of drug-likeness (QED) is 0.184. The van der Waals surface area contributed by atoms with Gasteiger partial charge < -0.3 is 8.98 Å². The van der Waals surface area contributed by atoms with E-state index < -0.39 is 224 Å². The minimum absolute atomic E-state index is 0.0875. The SMILES string of the molecule is [2H]c1c([2H])c([2H])c(-c2nc(-c3c([2H])c([2H])c([2H])c([2H])c3[2H])nc(-c3c([2H])c([2H])c([2H])c4oc5c(-n6c7c([2H])c([2H])c([2H])c([2H])c7c7c([2H])c([2H])c8c(sc9c([2H])c([2H])c([2H])c([2H])c98)c76)c([2H])c([2H])c([2H])c5c34)n2)c([2H])c1[2H]. The molecule has 0 unspecified atom stereocenters. The third-order valence-corrected chi connectivity index (χ3v) is 9.21. The fourth-order valence-corrected chi connectivity index (χ4v) is 7.12. The van der Waals surface area contributed by atoms with Gasteiger partial charge in [0.1, 0.15) is 5.58 Å². The van der Waals surface area contributed by atoms with Gasteiger partial charge in [-0.15, -0.1) is 11.3 Å². The van der Waals surface area contributed by atoms with Crippen LogP contribution in [0.1, 0.15) is 35.6 Å². The fraction of sp³-hybridized carbons (Fsp3) is 0. The number of rotatable bonds is 4. The van der Waals surface area contributed by atoms with E-state index in [-0.39, 0.29) is 36.5 Å². The van der Waals surface area contributed by atoms with Crippen molar-refractivity contribution < 1.29 is 40.1 Å². The zero-order chi connectivity index (χ0) is 56.1. The number of nitrogens with zero attached hydrogens (tertiary/aromatic N) is 4. The summed E-state index contributed by atoms with van der Waals surface area (Å²) >= 11 is 0.709. The normalized spacial score (nSPS) is 19.1. The molecular weight excluding hydrogens is 645 g/mol. The van der Waals surface area contributed by atoms with E-state index in [9.17, 15) is 11.0 Å². The summed E-state index contributed by atoms with van der Waals surface area (Å²) in [6, 6.07) is -20.9. The highest BCUT2D eigenvalue weighted by atomic mass is 32.1. The van der Waals surface area contributed by atoms with Crippen LogP contribution >= 0.6 is 11.3 Å². The Kier molecular flexibility index (Phi) is 2.77. The van der Waals surface area contributed by atoms with Crippen LogP contribution in [-0.2, 0) is 0 Å². The van der Waals surface area contributed by atoms with Crippen LogP contribution in [0.5, 0.6) is 0 Å². The molecule has 0 saturated heterocycles. The molecule has 0 saturated carbocycles. The van der Waals surface area contributed by atoms with Crippen LogP contribution in [0.4, 0.5) is 0 Å². The van der Waals surface area contributed by atoms with Crippen LogP contribution in [0.2, 0.25) is 0 Å². The summed E-state index contributed by atoms with van der Waals surface area (Å²) in [6.45, 7) is 0. The number of benzene rings is 7. The third-order valence-electron chi connectivity index (χ3n) is 8.10. The lowest BCUT2D eigenvalue weighted by atomic mass is 10.0. The average Bonchev–Trinajstić information content (AvgIpc) is 4.11. The van der Waals surface area contributed by atoms with Crippen molar-refractivity contribution in [3.05, 3.63) is 157 Å². The number of fused-ring (bicyclic) bond motifs is 10. The molecule has 0 aliphatic heterocycles. The van der Waals surface area contributed by atoms with Gasteiger partial charge in [-0.2, -0.15) is 0 Å². The second-order valence-electron chi connectivity index (χ2n) is 10.8. The van der Waals surface area contributed by atoms with Gasteiger partial charge in [-0.3, -0.25) is 0 Å². The highest BCUT2D eigenvalue weighted by molar-refractivity contribution is 7.26. The van der Waals surface area contributed by atoms with Crippen LogP contribution in [0.3, 0.4) is 0 Å². The van der Waals surface area contributed by atoms with Gasteiger partial charge in [0.05, 0.1) is 57.1 Å². The minimum atomic E-state index is -0.935. The molecule has 0 N–H and O–H groups in total. The van der Waals surface area contributed by atoms with Crippen molar-refractivity contribution in [3.63, 3.8) is 0 Å². The molecule has 0 spiro atoms. The summed E-state index contributed by atoms with van der Waals surface area (Å²) in [5.74, 6) is -2.37. The minimum Gasteiger partial charge on any atom is -0.454 e. The van der Waals surface area contributed by atoms with E-state index in [1.54, 1.807) is 0 Å². The van der Waals surface area contributed by atoms with E-state index in [2.05, 4.69) is 15.0 Å². The Balaban J connectivity index is 1.38. The molecule has 7 aromatic carbocycles. The Labute approximate surface area is 332 Å². The summed E-state index contributed by atoms with van der Waals surface area (Å²) in [5, 5.41) is -2.18. The van der Waals surface area contributed by atoms with E-state index in [1.165, 1.54) is 0 Å². The van der Waals surface area contributed by atoms with E-state index in [0.717, 1.165) is 4.57 Å². The van der Waals surface area contributed by atoms with Crippen molar-refractivity contribution in [2.75, 3.05) is 0 Å². The Morgan fingerprint density at radius 3 is 1.92 bits per heavy atom. The molecule has 0 aliphatic carbocycles. The van der Waals surface area contributed by atoms with Crippen LogP contribution < -0.4 is 0 Å². The standard InChI is InChI=1S/C45H26N4OS/c1-3-13-27(14-4-1)43-46-44(28-15-5-2-6-16-28)48-45(47-43)34-20-12-23-37-39(34)33-19-11-22-36(41(33)50-37)49-35-21-9-7-17-29(35)31-25-26-32-30-18-8-10-24-38(30)51-42(32)40(31)49/h1-26H/i1D,2D,3D,4D,5D,6D,7D,8D,9D,10D,11D,12D,13D,14D,15D,16D,17D,18D,19D,20D,21D,22D,23D,24D,25D,26D. The maximum absolute atomic E-state index is 9.57. The first-order valence-electron chi connectivity index (χ1n) is 27.8. The largest absolute Gasteiger partial charge is 0.454 e. The molecule has 238 valence electrons. The van der Waals surface area contributed by atoms with Gasteiger partial charge in [0.2, 0.25) is 0 Å². The maximum atomic E-state index is 9.57. The first kappa shape index (κ1) is 12.9. The Bertz CT molecular complexity index is 4520. The summed E-state index contributed by atoms with van der Waals surface area (Å²) in [6.07, 6.45) is 0. The molecule has 6 heteroatoms. The molecule has 0 fully saturated rings. The predicted molar refractivity (Wildman–Crippen MR) is 211 cm³/mol. The molecule has 0 aliphatic rings. The Morgan fingerprint density at radius 1 is 0.510 bits per heavy atom. The molecule has 11 aromatic rings. The molecule has 11 rings (SSSR count). The second kappa shape index (κ2) is 10.9. The molecule has 0 amide bonds. The second-order valence-corrected chi connectivity index (χ2v) is 11.9. The van der Waals surface area contributed by atoms with Gasteiger partial charge in [0.25, 0.3) is 0 Å². The lowest BCUT2D eigenvalue weighted by molar-refractivity contribution is 0.666. The van der Waals surface area contributed by atoms with E-state index >= 15 is 0 Å². The van der Waals surface area contributed by atoms with Crippen LogP contribution in [0.25, 0.3) is 104 Å². The Hall–Kier alpha value is -6.63. The first-order valence-corrected chi connectivity index (χ1v) is 15.6. The smallest absolute Gasteiger partial charge is 0.164 e. The number of para-hydroxylation sites is 2. The zero-order valence-electron chi connectivity index (χ0n) is 51.1. The third kappa shape index (κ3) is 4.24. The van der Waals surface area contributed by atoms with Crippen molar-refractivity contribution >= 4 is 75.3 Å². The number of thiophene rings is 1. The number of hydrogen-bond donors (Lipinski definition) is 0. The van der Waals surface area contributed by atoms with E-state index in [1.807, 2.05) is 0 Å². The van der Waals surface area contributed by atoms with Gasteiger partial charge in [-0.1, -0.05) is 133 Å². The van der Waals surface area contributed by atoms with Gasteiger partial charge in [-0.05, 0) is 24.2 Å². The molecule has 0 atom stereocenters. The van der Waals surface area contributed by atoms with Gasteiger partial charge >= 0.3 is 0 Å². The maximum Gasteiger partial charge on any atom is 0.164 e. The first-order chi connectivity index (χ1) is 36.1. The predicted octanol–water partition coefficient (Wildman–Crippen LogP) is 12.2. The van der Waals surface area contributed by atoms with Crippen molar-refractivity contribution in [3.8, 4) is 39.9 Å². The van der Waals surface area contributed by atoms with Crippen molar-refractivity contribution in [1.29, 1.82) is 0 Å². The molecule has 5 nitrogen and oxygen atoms in total. The molecular formula is C45H26N4OS. The molecule has 0 bridgehead atoms. The monoisotopic (exact) mass is 696 g/mol. The number of hydrogen-bond acceptors (Lipinski definition) is 5. The molecule has 0 radical (unpaired) electrons. The summed E-state index contributed by atoms with van der Waals surface area (Å²) in [4.78, 5) is 13.1. The zero-order valence-corrected chi connectivity index (χ0v) is 25.9. The van der Waals surface area contributed by atoms with Crippen LogP contribution in [0.15, 0.2) is 162 Å². The summed E-state index contributed by atoms with van der Waals surface area (Å²) in [7, 11) is 0. The fourth-order valence-electron chi connectivity index (χ4n) is 6.01. The molecule has 4 heterocycles. The molecule has 51 heavy (non-hydrogen) atoms. The van der Waals surface area contributed by atoms with Gasteiger partial charge in [0.15, 0.2) is 23.1 Å². The van der Waals surface area contributed by atoms with Gasteiger partial charge in [-0.25, -0.2) is 15.0 Å². The van der Waals surface area contributed by atoms with Gasteiger partial charge in [0, 0.05) is 53.7 Å². The lowest BCUT2D eigenvalue weighted by Gasteiger charge is -2.10. The Morgan fingerprint density at radius 2 is 1.14 bits per heavy atom. The van der Waals surface area contributed by atoms with E-state index in [4.69, 9.17) is 29.1 Å². The van der Waals surface area contributed by atoms with E-state index in [0.29, 0.717) is 11.3 Å². The average molecular weight is 697 g/mol. The lowest BCUT2D eigenvalue weighted by Crippen LogP contribution is -2.00. The molecule has 4 aromatic heterocycles.